The number of ether oxygens (including phenoxy) is 1. The largest absolute Gasteiger partial charge is 0.374 e. The average molecular weight is 262 g/mol. The molecule has 0 fully saturated rings. The minimum atomic E-state index is -0.0542. The van der Waals surface area contributed by atoms with E-state index < -0.39 is 0 Å². The molecule has 1 atom stereocenters. The first-order valence-electron chi connectivity index (χ1n) is 7.14. The lowest BCUT2D eigenvalue weighted by molar-refractivity contribution is 0.00148. The maximum atomic E-state index is 5.94. The van der Waals surface area contributed by atoms with Gasteiger partial charge in [0.05, 0.1) is 12.2 Å². The SMILES string of the molecule is CC(N)c1ccc2c(c1)CCN2CCOC(C)(C)C. The number of anilines is 1. The molecule has 1 unspecified atom stereocenters. The van der Waals surface area contributed by atoms with Gasteiger partial charge in [0.1, 0.15) is 0 Å². The van der Waals surface area contributed by atoms with Gasteiger partial charge in [-0.2, -0.15) is 0 Å². The molecule has 106 valence electrons. The van der Waals surface area contributed by atoms with Gasteiger partial charge in [-0.1, -0.05) is 12.1 Å². The molecule has 2 N–H and O–H groups in total. The van der Waals surface area contributed by atoms with Crippen LogP contribution in [0.2, 0.25) is 0 Å². The van der Waals surface area contributed by atoms with Gasteiger partial charge >= 0.3 is 0 Å². The van der Waals surface area contributed by atoms with E-state index >= 15 is 0 Å². The number of fused-ring (bicyclic) bond motifs is 1. The molecule has 0 radical (unpaired) electrons. The van der Waals surface area contributed by atoms with Crippen molar-refractivity contribution in [3.63, 3.8) is 0 Å². The molecule has 0 amide bonds. The van der Waals surface area contributed by atoms with Crippen LogP contribution in [-0.4, -0.2) is 25.3 Å². The number of nitrogens with two attached hydrogens (primary N) is 1. The maximum Gasteiger partial charge on any atom is 0.0648 e. The minimum absolute atomic E-state index is 0.0542. The van der Waals surface area contributed by atoms with Crippen molar-refractivity contribution < 1.29 is 4.74 Å². The Labute approximate surface area is 116 Å². The minimum Gasteiger partial charge on any atom is -0.374 e. The number of nitrogens with zero attached hydrogens (tertiary/aromatic N) is 1. The van der Waals surface area contributed by atoms with Crippen LogP contribution < -0.4 is 10.6 Å². The van der Waals surface area contributed by atoms with Crippen molar-refractivity contribution in [2.24, 2.45) is 5.73 Å². The Bertz CT molecular complexity index is 435. The van der Waals surface area contributed by atoms with Gasteiger partial charge < -0.3 is 15.4 Å². The number of benzene rings is 1. The molecular weight excluding hydrogens is 236 g/mol. The number of hydrogen-bond donors (Lipinski definition) is 1. The zero-order chi connectivity index (χ0) is 14.0. The second-order valence-electron chi connectivity index (χ2n) is 6.37. The first kappa shape index (κ1) is 14.4. The van der Waals surface area contributed by atoms with Crippen LogP contribution in [0.5, 0.6) is 0 Å². The van der Waals surface area contributed by atoms with E-state index in [0.717, 1.165) is 26.1 Å². The fraction of sp³-hybridized carbons (Fsp3) is 0.625. The molecule has 1 aromatic carbocycles. The summed E-state index contributed by atoms with van der Waals surface area (Å²) in [5.41, 5.74) is 9.88. The van der Waals surface area contributed by atoms with E-state index in [1.807, 2.05) is 6.92 Å². The zero-order valence-electron chi connectivity index (χ0n) is 12.6. The normalized spacial score (nSPS) is 16.6. The summed E-state index contributed by atoms with van der Waals surface area (Å²) in [6.07, 6.45) is 1.12. The number of rotatable bonds is 4. The van der Waals surface area contributed by atoms with E-state index in [0.29, 0.717) is 0 Å². The molecule has 0 saturated carbocycles. The van der Waals surface area contributed by atoms with Gasteiger partial charge in [-0.3, -0.25) is 0 Å². The summed E-state index contributed by atoms with van der Waals surface area (Å²) in [6, 6.07) is 6.72. The molecule has 19 heavy (non-hydrogen) atoms. The van der Waals surface area contributed by atoms with Crippen molar-refractivity contribution >= 4 is 5.69 Å². The lowest BCUT2D eigenvalue weighted by atomic mass is 10.0. The van der Waals surface area contributed by atoms with Crippen LogP contribution in [0.25, 0.3) is 0 Å². The maximum absolute atomic E-state index is 5.94. The summed E-state index contributed by atoms with van der Waals surface area (Å²) >= 11 is 0. The Morgan fingerprint density at radius 2 is 2.11 bits per heavy atom. The third-order valence-corrected chi connectivity index (χ3v) is 3.52. The molecular formula is C16H26N2O. The topological polar surface area (TPSA) is 38.5 Å². The molecule has 1 aliphatic rings. The van der Waals surface area contributed by atoms with Crippen LogP contribution in [-0.2, 0) is 11.2 Å². The third kappa shape index (κ3) is 3.71. The van der Waals surface area contributed by atoms with Crippen LogP contribution in [0.3, 0.4) is 0 Å². The smallest absolute Gasteiger partial charge is 0.0648 e. The molecule has 1 heterocycles. The summed E-state index contributed by atoms with van der Waals surface area (Å²) in [7, 11) is 0. The first-order valence-corrected chi connectivity index (χ1v) is 7.14. The predicted molar refractivity (Wildman–Crippen MR) is 80.7 cm³/mol. The van der Waals surface area contributed by atoms with Crippen LogP contribution >= 0.6 is 0 Å². The quantitative estimate of drug-likeness (QED) is 0.906. The van der Waals surface area contributed by atoms with Gasteiger partial charge in [-0.25, -0.2) is 0 Å². The van der Waals surface area contributed by atoms with E-state index in [-0.39, 0.29) is 11.6 Å². The molecule has 0 aromatic heterocycles. The molecule has 1 aliphatic heterocycles. The van der Waals surface area contributed by atoms with E-state index in [1.54, 1.807) is 0 Å². The molecule has 0 aliphatic carbocycles. The highest BCUT2D eigenvalue weighted by atomic mass is 16.5. The highest BCUT2D eigenvalue weighted by Gasteiger charge is 2.20. The fourth-order valence-corrected chi connectivity index (χ4v) is 2.47. The van der Waals surface area contributed by atoms with E-state index in [4.69, 9.17) is 10.5 Å². The summed E-state index contributed by atoms with van der Waals surface area (Å²) in [5, 5.41) is 0. The second kappa shape index (κ2) is 5.51. The lowest BCUT2D eigenvalue weighted by Gasteiger charge is -2.24. The van der Waals surface area contributed by atoms with Crippen LogP contribution in [0.15, 0.2) is 18.2 Å². The van der Waals surface area contributed by atoms with Gasteiger partial charge in [0, 0.05) is 24.8 Å². The predicted octanol–water partition coefficient (Wildman–Crippen LogP) is 2.88. The lowest BCUT2D eigenvalue weighted by Crippen LogP contribution is -2.29. The Morgan fingerprint density at radius 1 is 1.37 bits per heavy atom. The molecule has 0 saturated heterocycles. The third-order valence-electron chi connectivity index (χ3n) is 3.52. The highest BCUT2D eigenvalue weighted by molar-refractivity contribution is 5.59. The molecule has 0 bridgehead atoms. The monoisotopic (exact) mass is 262 g/mol. The summed E-state index contributed by atoms with van der Waals surface area (Å²) < 4.78 is 5.81. The van der Waals surface area contributed by atoms with Crippen molar-refractivity contribution in [1.29, 1.82) is 0 Å². The van der Waals surface area contributed by atoms with Crippen molar-refractivity contribution in [3.05, 3.63) is 29.3 Å². The highest BCUT2D eigenvalue weighted by Crippen LogP contribution is 2.30. The van der Waals surface area contributed by atoms with Crippen LogP contribution in [0, 0.1) is 0 Å². The Kier molecular flexibility index (Phi) is 4.16. The Morgan fingerprint density at radius 3 is 2.74 bits per heavy atom. The van der Waals surface area contributed by atoms with E-state index in [2.05, 4.69) is 43.9 Å². The summed E-state index contributed by atoms with van der Waals surface area (Å²) in [5.74, 6) is 0. The Balaban J connectivity index is 1.98. The van der Waals surface area contributed by atoms with Crippen molar-refractivity contribution in [2.75, 3.05) is 24.6 Å². The van der Waals surface area contributed by atoms with Crippen LogP contribution in [0.4, 0.5) is 5.69 Å². The van der Waals surface area contributed by atoms with Gasteiger partial charge in [0.2, 0.25) is 0 Å². The standard InChI is InChI=1S/C16H26N2O/c1-12(17)13-5-6-15-14(11-13)7-8-18(15)9-10-19-16(2,3)4/h5-6,11-12H,7-10,17H2,1-4H3. The molecule has 1 aromatic rings. The average Bonchev–Trinajstić information content (AvgIpc) is 2.70. The van der Waals surface area contributed by atoms with Gasteiger partial charge in [-0.05, 0) is 51.3 Å². The molecule has 2 rings (SSSR count). The van der Waals surface area contributed by atoms with Crippen molar-refractivity contribution in [1.82, 2.24) is 0 Å². The van der Waals surface area contributed by atoms with E-state index in [1.165, 1.54) is 16.8 Å². The van der Waals surface area contributed by atoms with E-state index in [9.17, 15) is 0 Å². The number of hydrogen-bond acceptors (Lipinski definition) is 3. The Hall–Kier alpha value is -1.06. The zero-order valence-corrected chi connectivity index (χ0v) is 12.6. The summed E-state index contributed by atoms with van der Waals surface area (Å²) in [6.45, 7) is 11.1. The second-order valence-corrected chi connectivity index (χ2v) is 6.37. The van der Waals surface area contributed by atoms with Gasteiger partial charge in [0.15, 0.2) is 0 Å². The first-order chi connectivity index (χ1) is 8.87. The fourth-order valence-electron chi connectivity index (χ4n) is 2.47. The van der Waals surface area contributed by atoms with Gasteiger partial charge in [0.25, 0.3) is 0 Å². The van der Waals surface area contributed by atoms with Crippen LogP contribution in [0.1, 0.15) is 44.9 Å². The molecule has 0 spiro atoms. The summed E-state index contributed by atoms with van der Waals surface area (Å²) in [4.78, 5) is 2.41. The molecule has 3 nitrogen and oxygen atoms in total. The van der Waals surface area contributed by atoms with Crippen molar-refractivity contribution in [3.8, 4) is 0 Å². The van der Waals surface area contributed by atoms with Gasteiger partial charge in [-0.15, -0.1) is 0 Å². The molecule has 3 heteroatoms. The van der Waals surface area contributed by atoms with Crippen molar-refractivity contribution in [2.45, 2.75) is 45.8 Å².